The second kappa shape index (κ2) is 8.63. The van der Waals surface area contributed by atoms with E-state index in [1.54, 1.807) is 0 Å². The van der Waals surface area contributed by atoms with Gasteiger partial charge in [-0.1, -0.05) is 0 Å². The first-order valence-corrected chi connectivity index (χ1v) is 10.7. The van der Waals surface area contributed by atoms with Crippen molar-refractivity contribution in [1.82, 2.24) is 29.0 Å². The van der Waals surface area contributed by atoms with Crippen molar-refractivity contribution in [2.75, 3.05) is 39.2 Å². The highest BCUT2D eigenvalue weighted by atomic mass is 19.3. The van der Waals surface area contributed by atoms with Crippen molar-refractivity contribution in [1.29, 1.82) is 0 Å². The third-order valence-electron chi connectivity index (χ3n) is 5.94. The molecule has 4 heterocycles. The number of hydrogen-bond donors (Lipinski definition) is 1. The Kier molecular flexibility index (Phi) is 4.88. The third-order valence-corrected chi connectivity index (χ3v) is 5.94. The van der Waals surface area contributed by atoms with E-state index in [2.05, 4.69) is 20.4 Å². The molecule has 1 aromatic carbocycles. The van der Waals surface area contributed by atoms with Crippen LogP contribution in [0.2, 0.25) is 0 Å². The summed E-state index contributed by atoms with van der Waals surface area (Å²) in [5.41, 5.74) is 0.224. The number of likely N-dealkylation sites (tertiary alicyclic amines) is 1. The van der Waals surface area contributed by atoms with Crippen LogP contribution in [-0.4, -0.2) is 74.9 Å². The number of fused-ring (bicyclic) bond motifs is 2. The van der Waals surface area contributed by atoms with Gasteiger partial charge in [0, 0.05) is 10.7 Å². The molecule has 0 radical (unpaired) electrons. The second-order valence-corrected chi connectivity index (χ2v) is 8.21. The average molecular weight is 498 g/mol. The zero-order valence-corrected chi connectivity index (χ0v) is 18.4. The Morgan fingerprint density at radius 2 is 2.11 bits per heavy atom. The Bertz CT molecular complexity index is 1510. The Hall–Kier alpha value is -3.48. The second-order valence-electron chi connectivity index (χ2n) is 8.21. The number of imidazole rings is 1. The number of rotatable bonds is 6. The van der Waals surface area contributed by atoms with E-state index in [0.717, 1.165) is 21.7 Å². The van der Waals surface area contributed by atoms with Crippen molar-refractivity contribution in [3.05, 3.63) is 36.3 Å². The first-order chi connectivity index (χ1) is 17.9. The fraction of sp³-hybridized carbons (Fsp3) is 0.409. The van der Waals surface area contributed by atoms with Crippen molar-refractivity contribution in [2.24, 2.45) is 0 Å². The largest absolute Gasteiger partial charge is 0.479 e. The number of nitrogens with one attached hydrogen (secondary N) is 1. The van der Waals surface area contributed by atoms with Crippen LogP contribution in [0.25, 0.3) is 27.7 Å². The van der Waals surface area contributed by atoms with E-state index in [1.807, 2.05) is 0 Å². The zero-order chi connectivity index (χ0) is 27.4. The first kappa shape index (κ1) is 19.8. The van der Waals surface area contributed by atoms with Gasteiger partial charge in [0.15, 0.2) is 11.6 Å². The quantitative estimate of drug-likeness (QED) is 0.409. The number of piperidine rings is 1. The molecule has 8 nitrogen and oxygen atoms in total. The SMILES string of the molecule is [2H]C([2H])([2H])N1CC[C@@H](Nc2nc(OC)c3c(-c4cc(F)c5ncn(CCF)c5c4)c(F)cn3n2)C(F)(F)C1. The molecule has 1 atom stereocenters. The number of alkyl halides is 3. The van der Waals surface area contributed by atoms with E-state index in [-0.39, 0.29) is 59.0 Å². The summed E-state index contributed by atoms with van der Waals surface area (Å²) in [7, 11) is 1.24. The van der Waals surface area contributed by atoms with Crippen LogP contribution in [0, 0.1) is 11.6 Å². The summed E-state index contributed by atoms with van der Waals surface area (Å²) in [5, 5.41) is 6.61. The molecule has 35 heavy (non-hydrogen) atoms. The molecule has 4 aromatic rings. The summed E-state index contributed by atoms with van der Waals surface area (Å²) in [4.78, 5) is 8.78. The van der Waals surface area contributed by atoms with Crippen LogP contribution < -0.4 is 10.1 Å². The van der Waals surface area contributed by atoms with Crippen LogP contribution in [0.1, 0.15) is 10.5 Å². The van der Waals surface area contributed by atoms with Crippen LogP contribution in [0.3, 0.4) is 0 Å². The van der Waals surface area contributed by atoms with E-state index in [9.17, 15) is 17.6 Å². The molecule has 1 saturated heterocycles. The maximum absolute atomic E-state index is 15.2. The number of hydrogen-bond acceptors (Lipinski definition) is 6. The van der Waals surface area contributed by atoms with Gasteiger partial charge in [0.25, 0.3) is 5.92 Å². The molecule has 3 aromatic heterocycles. The molecule has 1 aliphatic rings. The highest BCUT2D eigenvalue weighted by Gasteiger charge is 2.44. The molecule has 0 spiro atoms. The summed E-state index contributed by atoms with van der Waals surface area (Å²) in [5.74, 6) is -5.48. The molecule has 0 saturated carbocycles. The van der Waals surface area contributed by atoms with Gasteiger partial charge in [-0.3, -0.25) is 0 Å². The van der Waals surface area contributed by atoms with E-state index in [0.29, 0.717) is 0 Å². The van der Waals surface area contributed by atoms with Crippen molar-refractivity contribution in [2.45, 2.75) is 24.9 Å². The summed E-state index contributed by atoms with van der Waals surface area (Å²) in [6.07, 6.45) is 2.04. The molecular weight excluding hydrogens is 473 g/mol. The number of aromatic nitrogens is 5. The highest BCUT2D eigenvalue weighted by molar-refractivity contribution is 5.90. The van der Waals surface area contributed by atoms with Crippen LogP contribution >= 0.6 is 0 Å². The number of halogens is 5. The van der Waals surface area contributed by atoms with Gasteiger partial charge in [-0.25, -0.2) is 31.5 Å². The number of anilines is 1. The van der Waals surface area contributed by atoms with E-state index < -0.39 is 43.8 Å². The van der Waals surface area contributed by atoms with Gasteiger partial charge in [0.05, 0.1) is 49.8 Å². The lowest BCUT2D eigenvalue weighted by atomic mass is 10.0. The van der Waals surface area contributed by atoms with Gasteiger partial charge in [-0.05, 0) is 31.1 Å². The number of benzene rings is 1. The highest BCUT2D eigenvalue weighted by Crippen LogP contribution is 2.37. The molecule has 186 valence electrons. The maximum atomic E-state index is 15.2. The number of nitrogens with zero attached hydrogens (tertiary/aromatic N) is 6. The normalized spacial score (nSPS) is 20.1. The van der Waals surface area contributed by atoms with Crippen LogP contribution in [0.4, 0.5) is 27.9 Å². The van der Waals surface area contributed by atoms with E-state index in [1.165, 1.54) is 24.1 Å². The summed E-state index contributed by atoms with van der Waals surface area (Å²) >= 11 is 0. The lowest BCUT2D eigenvalue weighted by molar-refractivity contribution is -0.0675. The lowest BCUT2D eigenvalue weighted by Gasteiger charge is -2.36. The Morgan fingerprint density at radius 1 is 1.29 bits per heavy atom. The molecular formula is C22H22F5N7O. The van der Waals surface area contributed by atoms with Gasteiger partial charge in [-0.2, -0.15) is 4.98 Å². The smallest absolute Gasteiger partial charge is 0.280 e. The van der Waals surface area contributed by atoms with Crippen molar-refractivity contribution in [3.63, 3.8) is 0 Å². The fourth-order valence-corrected chi connectivity index (χ4v) is 4.31. The topological polar surface area (TPSA) is 72.5 Å². The zero-order valence-electron chi connectivity index (χ0n) is 21.4. The van der Waals surface area contributed by atoms with Crippen molar-refractivity contribution < 1.29 is 30.8 Å². The van der Waals surface area contributed by atoms with E-state index >= 15 is 4.39 Å². The average Bonchev–Trinajstić information content (AvgIpc) is 3.39. The molecule has 0 amide bonds. The molecule has 0 bridgehead atoms. The van der Waals surface area contributed by atoms with Gasteiger partial charge in [-0.15, -0.1) is 5.10 Å². The summed E-state index contributed by atoms with van der Waals surface area (Å²) in [6, 6.07) is 1.03. The van der Waals surface area contributed by atoms with Crippen LogP contribution in [0.15, 0.2) is 24.7 Å². The Balaban J connectivity index is 1.53. The maximum Gasteiger partial charge on any atom is 0.280 e. The molecule has 1 aliphatic heterocycles. The predicted molar refractivity (Wildman–Crippen MR) is 119 cm³/mol. The number of methoxy groups -OCH3 is 1. The standard InChI is InChI=1S/C22H22F5N7O/c1-32-5-3-16(22(26,27)10-32)29-21-30-20(35-2)19-17(14(25)9-34(19)31-21)12-7-13(24)18-15(8-12)33(6-4-23)11-28-18/h7-9,11,16H,3-6,10H2,1-2H3,(H,29,31)/t16-/m1/s1/i1D3. The first-order valence-electron chi connectivity index (χ1n) is 12.2. The molecule has 0 aliphatic carbocycles. The summed E-state index contributed by atoms with van der Waals surface area (Å²) in [6.45, 7) is -4.55. The summed E-state index contributed by atoms with van der Waals surface area (Å²) < 4.78 is 102. The van der Waals surface area contributed by atoms with Crippen molar-refractivity contribution >= 4 is 22.5 Å². The Labute approximate surface area is 200 Å². The lowest BCUT2D eigenvalue weighted by Crippen LogP contribution is -2.53. The monoisotopic (exact) mass is 498 g/mol. The third kappa shape index (κ3) is 4.03. The van der Waals surface area contributed by atoms with Crippen LogP contribution in [-0.2, 0) is 6.54 Å². The van der Waals surface area contributed by atoms with E-state index in [4.69, 9.17) is 8.85 Å². The molecule has 5 rings (SSSR count). The number of ether oxygens (including phenoxy) is 1. The fourth-order valence-electron chi connectivity index (χ4n) is 4.31. The molecule has 0 unspecified atom stereocenters. The van der Waals surface area contributed by atoms with Gasteiger partial charge < -0.3 is 19.5 Å². The molecule has 1 N–H and O–H groups in total. The van der Waals surface area contributed by atoms with Crippen molar-refractivity contribution in [3.8, 4) is 17.0 Å². The van der Waals surface area contributed by atoms with Crippen LogP contribution in [0.5, 0.6) is 5.88 Å². The number of aryl methyl sites for hydroxylation is 1. The predicted octanol–water partition coefficient (Wildman–Crippen LogP) is 3.75. The van der Waals surface area contributed by atoms with Gasteiger partial charge >= 0.3 is 0 Å². The van der Waals surface area contributed by atoms with Gasteiger partial charge in [0.2, 0.25) is 11.8 Å². The minimum Gasteiger partial charge on any atom is -0.479 e. The molecule has 13 heteroatoms. The minimum absolute atomic E-state index is 0.00806. The minimum atomic E-state index is -3.43. The Morgan fingerprint density at radius 3 is 2.83 bits per heavy atom. The molecule has 1 fully saturated rings. The van der Waals surface area contributed by atoms with Gasteiger partial charge in [0.1, 0.15) is 17.7 Å².